The molecule has 1 heterocycles. The van der Waals surface area contributed by atoms with Crippen LogP contribution < -0.4 is 22.4 Å². The molecule has 12 heteroatoms. The fourth-order valence-corrected chi connectivity index (χ4v) is 0.531. The van der Waals surface area contributed by atoms with Gasteiger partial charge in [-0.3, -0.25) is 9.68 Å². The number of hydrogen-bond donors (Lipinski definition) is 4. The van der Waals surface area contributed by atoms with E-state index in [0.717, 1.165) is 0 Å². The second-order valence-electron chi connectivity index (χ2n) is 1.82. The highest BCUT2D eigenvalue weighted by atomic mass is 35.5. The van der Waals surface area contributed by atoms with Gasteiger partial charge in [-0.1, -0.05) is 11.2 Å². The molecular weight excluding hydrogens is 310 g/mol. The van der Waals surface area contributed by atoms with E-state index in [2.05, 4.69) is 27.3 Å². The van der Waals surface area contributed by atoms with Crippen molar-refractivity contribution in [2.75, 3.05) is 26.4 Å². The molecule has 1 rings (SSSR count). The van der Waals surface area contributed by atoms with Crippen LogP contribution in [0.2, 0.25) is 0 Å². The maximum atomic E-state index is 5.08. The fraction of sp³-hybridized carbons (Fsp3) is 1.00. The molecule has 0 spiro atoms. The molecule has 0 aromatic heterocycles. The largest absolute Gasteiger partial charge is 0.377 e. The predicted octanol–water partition coefficient (Wildman–Crippen LogP) is -0.398. The number of rotatable bonds is 0. The van der Waals surface area contributed by atoms with Crippen molar-refractivity contribution in [1.82, 2.24) is 22.4 Å². The third-order valence-corrected chi connectivity index (χ3v) is 0.989. The number of halogens is 4. The maximum Gasteiger partial charge on any atom is 0.0933 e. The van der Waals surface area contributed by atoms with Crippen LogP contribution in [-0.4, -0.2) is 26.4 Å². The van der Waals surface area contributed by atoms with Crippen LogP contribution in [0, 0.1) is 0 Å². The highest BCUT2D eigenvalue weighted by Gasteiger charge is 1.92. The molecule has 0 atom stereocenters. The van der Waals surface area contributed by atoms with Gasteiger partial charge in [0.05, 0.1) is 26.4 Å². The molecule has 0 unspecified atom stereocenters. The lowest BCUT2D eigenvalue weighted by atomic mass is 10.7. The Morgan fingerprint density at radius 3 is 1.44 bits per heavy atom. The molecule has 0 aliphatic carbocycles. The van der Waals surface area contributed by atoms with E-state index in [0.29, 0.717) is 26.4 Å². The summed E-state index contributed by atoms with van der Waals surface area (Å²) in [5, 5.41) is 0. The van der Waals surface area contributed by atoms with Crippen LogP contribution in [0.4, 0.5) is 0 Å². The van der Waals surface area contributed by atoms with Crippen molar-refractivity contribution >= 4 is 49.6 Å². The van der Waals surface area contributed by atoms with Gasteiger partial charge in [-0.15, -0.1) is 60.8 Å². The van der Waals surface area contributed by atoms with E-state index in [-0.39, 0.29) is 49.6 Å². The first kappa shape index (κ1) is 25.6. The second-order valence-corrected chi connectivity index (χ2v) is 1.82. The van der Waals surface area contributed by atoms with Gasteiger partial charge in [-0.05, 0) is 0 Å². The molecule has 1 fully saturated rings. The Balaban J connectivity index is -0.000000180. The zero-order valence-electron chi connectivity index (χ0n) is 8.09. The first-order valence-corrected chi connectivity index (χ1v) is 3.47. The molecule has 0 aromatic rings. The van der Waals surface area contributed by atoms with E-state index in [1.165, 1.54) is 0 Å². The Hall–Kier alpha value is 0.840. The molecule has 1 aliphatic heterocycles. The average molecular weight is 326 g/mol. The zero-order valence-corrected chi connectivity index (χ0v) is 11.4. The molecule has 0 saturated carbocycles. The molecule has 0 radical (unpaired) electrons. The molecule has 8 nitrogen and oxygen atoms in total. The molecule has 0 bridgehead atoms. The van der Waals surface area contributed by atoms with Crippen LogP contribution >= 0.6 is 49.6 Å². The summed E-state index contributed by atoms with van der Waals surface area (Å²) in [6.07, 6.45) is 0. The summed E-state index contributed by atoms with van der Waals surface area (Å²) in [5.74, 6) is 0. The Morgan fingerprint density at radius 1 is 0.562 bits per heavy atom. The summed E-state index contributed by atoms with van der Waals surface area (Å²) in [4.78, 5) is 14.1. The van der Waals surface area contributed by atoms with Crippen molar-refractivity contribution in [3.05, 3.63) is 0 Å². The summed E-state index contributed by atoms with van der Waals surface area (Å²) in [7, 11) is 0. The zero-order chi connectivity index (χ0) is 8.49. The van der Waals surface area contributed by atoms with Crippen LogP contribution in [0.3, 0.4) is 0 Å². The summed E-state index contributed by atoms with van der Waals surface area (Å²) < 4.78 is 5.08. The van der Waals surface area contributed by atoms with E-state index in [9.17, 15) is 0 Å². The summed E-state index contributed by atoms with van der Waals surface area (Å²) in [6.45, 7) is 1.82. The average Bonchev–Trinajstić information content (AvgIpc) is 2.05. The van der Waals surface area contributed by atoms with E-state index in [1.807, 2.05) is 0 Å². The van der Waals surface area contributed by atoms with Gasteiger partial charge in [0, 0.05) is 0 Å². The lowest BCUT2D eigenvalue weighted by molar-refractivity contribution is -0.206. The summed E-state index contributed by atoms with van der Waals surface area (Å²) in [5.41, 5.74) is 9.03. The third kappa shape index (κ3) is 17.2. The summed E-state index contributed by atoms with van der Waals surface area (Å²) >= 11 is 0. The van der Waals surface area contributed by atoms with Gasteiger partial charge in [-0.25, -0.2) is 0 Å². The van der Waals surface area contributed by atoms with Crippen LogP contribution in [-0.2, 0) is 19.4 Å². The van der Waals surface area contributed by atoms with Crippen molar-refractivity contribution in [2.24, 2.45) is 0 Å². The first-order valence-electron chi connectivity index (χ1n) is 3.47. The standard InChI is InChI=1S/C4H12N4O4.4ClH/c1-3-10-5-7-12-8-6-11-4-2-9-1;;;;/h5-8H,1-4H2;4*1H. The number of nitrogens with one attached hydrogen (secondary N) is 4. The van der Waals surface area contributed by atoms with Gasteiger partial charge in [0.2, 0.25) is 0 Å². The van der Waals surface area contributed by atoms with Gasteiger partial charge < -0.3 is 4.74 Å². The van der Waals surface area contributed by atoms with Gasteiger partial charge in [0.15, 0.2) is 0 Å². The SMILES string of the molecule is C1CONNONNOCCO1.Cl.Cl.Cl.Cl. The van der Waals surface area contributed by atoms with E-state index in [1.54, 1.807) is 0 Å². The normalized spacial score (nSPS) is 18.0. The number of ether oxygens (including phenoxy) is 1. The Kier molecular flexibility index (Phi) is 33.9. The third-order valence-electron chi connectivity index (χ3n) is 0.989. The van der Waals surface area contributed by atoms with Gasteiger partial charge >= 0.3 is 0 Å². The molecule has 104 valence electrons. The van der Waals surface area contributed by atoms with E-state index < -0.39 is 0 Å². The quantitative estimate of drug-likeness (QED) is 0.479. The Labute approximate surface area is 118 Å². The van der Waals surface area contributed by atoms with Crippen molar-refractivity contribution in [1.29, 1.82) is 0 Å². The van der Waals surface area contributed by atoms with Gasteiger partial charge in [0.25, 0.3) is 0 Å². The minimum absolute atomic E-state index is 0. The molecule has 0 aromatic carbocycles. The molecule has 1 saturated heterocycles. The molecule has 4 N–H and O–H groups in total. The highest BCUT2D eigenvalue weighted by Crippen LogP contribution is 1.76. The molecule has 1 aliphatic rings. The molecular formula is C4H16Cl4N4O4. The summed E-state index contributed by atoms with van der Waals surface area (Å²) in [6, 6.07) is 0. The van der Waals surface area contributed by atoms with Crippen molar-refractivity contribution in [2.45, 2.75) is 0 Å². The first-order chi connectivity index (χ1) is 6.00. The highest BCUT2D eigenvalue weighted by molar-refractivity contribution is 5.86. The topological polar surface area (TPSA) is 85.0 Å². The lowest BCUT2D eigenvalue weighted by Gasteiger charge is -2.11. The van der Waals surface area contributed by atoms with Gasteiger partial charge in [-0.2, -0.15) is 4.94 Å². The minimum atomic E-state index is 0. The van der Waals surface area contributed by atoms with Crippen molar-refractivity contribution in [3.63, 3.8) is 0 Å². The van der Waals surface area contributed by atoms with E-state index in [4.69, 9.17) is 14.4 Å². The minimum Gasteiger partial charge on any atom is -0.377 e. The Bertz CT molecular complexity index is 75.0. The van der Waals surface area contributed by atoms with E-state index >= 15 is 0 Å². The maximum absolute atomic E-state index is 5.08. The van der Waals surface area contributed by atoms with Crippen LogP contribution in [0.15, 0.2) is 0 Å². The predicted molar refractivity (Wildman–Crippen MR) is 65.3 cm³/mol. The van der Waals surface area contributed by atoms with Crippen LogP contribution in [0.5, 0.6) is 0 Å². The van der Waals surface area contributed by atoms with Crippen LogP contribution in [0.25, 0.3) is 0 Å². The molecule has 16 heavy (non-hydrogen) atoms. The lowest BCUT2D eigenvalue weighted by Crippen LogP contribution is -2.43. The fourth-order valence-electron chi connectivity index (χ4n) is 0.531. The van der Waals surface area contributed by atoms with Crippen molar-refractivity contribution < 1.29 is 19.4 Å². The van der Waals surface area contributed by atoms with Crippen LogP contribution in [0.1, 0.15) is 0 Å². The smallest absolute Gasteiger partial charge is 0.0933 e. The monoisotopic (exact) mass is 324 g/mol. The van der Waals surface area contributed by atoms with Gasteiger partial charge in [0.1, 0.15) is 0 Å². The number of hydrazine groups is 2. The van der Waals surface area contributed by atoms with Crippen molar-refractivity contribution in [3.8, 4) is 0 Å². The Morgan fingerprint density at radius 2 is 1.00 bits per heavy atom. The second kappa shape index (κ2) is 21.2. The molecule has 0 amide bonds. The number of hydrogen-bond acceptors (Lipinski definition) is 8.